The highest BCUT2D eigenvalue weighted by Gasteiger charge is 2.43. The summed E-state index contributed by atoms with van der Waals surface area (Å²) >= 11 is 8.33. The molecule has 3 aliphatic heterocycles. The summed E-state index contributed by atoms with van der Waals surface area (Å²) in [5, 5.41) is 0.342. The van der Waals surface area contributed by atoms with Gasteiger partial charge in [0.05, 0.1) is 35.8 Å². The Kier molecular flexibility index (Phi) is 6.93. The van der Waals surface area contributed by atoms with Crippen molar-refractivity contribution in [1.82, 2.24) is 14.5 Å². The van der Waals surface area contributed by atoms with Gasteiger partial charge in [-0.1, -0.05) is 23.7 Å². The van der Waals surface area contributed by atoms with Crippen LogP contribution < -0.4 is 9.47 Å². The maximum Gasteiger partial charge on any atom is 0.278 e. The molecule has 3 aliphatic rings. The number of hydrogen-bond acceptors (Lipinski definition) is 5. The number of fused-ring (bicyclic) bond motifs is 2. The molecule has 9 heteroatoms. The summed E-state index contributed by atoms with van der Waals surface area (Å²) in [4.78, 5) is 7.54. The number of halogens is 3. The van der Waals surface area contributed by atoms with Gasteiger partial charge in [-0.15, -0.1) is 0 Å². The predicted octanol–water partition coefficient (Wildman–Crippen LogP) is 7.25. The zero-order valence-corrected chi connectivity index (χ0v) is 25.1. The average molecular weight is 674 g/mol. The zero-order valence-electron chi connectivity index (χ0n) is 22.2. The number of imidazole rings is 1. The lowest BCUT2D eigenvalue weighted by molar-refractivity contribution is -0.0712. The van der Waals surface area contributed by atoms with E-state index in [1.54, 1.807) is 19.1 Å². The van der Waals surface area contributed by atoms with Crippen molar-refractivity contribution in [2.45, 2.75) is 57.1 Å². The van der Waals surface area contributed by atoms with Crippen LogP contribution >= 0.6 is 34.2 Å². The third kappa shape index (κ3) is 4.86. The number of ether oxygens (including phenoxy) is 3. The minimum absolute atomic E-state index is 0.274. The molecule has 3 aromatic carbocycles. The van der Waals surface area contributed by atoms with Crippen LogP contribution in [0.1, 0.15) is 49.1 Å². The van der Waals surface area contributed by atoms with E-state index in [1.165, 1.54) is 15.2 Å². The van der Waals surface area contributed by atoms with E-state index >= 15 is 0 Å². The van der Waals surface area contributed by atoms with Gasteiger partial charge in [0.25, 0.3) is 5.79 Å². The predicted molar refractivity (Wildman–Crippen MR) is 161 cm³/mol. The molecule has 4 heterocycles. The molecule has 0 saturated carbocycles. The highest BCUT2D eigenvalue weighted by Crippen LogP contribution is 2.49. The molecule has 0 N–H and O–H groups in total. The van der Waals surface area contributed by atoms with Gasteiger partial charge >= 0.3 is 0 Å². The zero-order chi connectivity index (χ0) is 27.4. The van der Waals surface area contributed by atoms with E-state index in [-0.39, 0.29) is 6.10 Å². The summed E-state index contributed by atoms with van der Waals surface area (Å²) in [5.41, 5.74) is 3.68. The van der Waals surface area contributed by atoms with Crippen molar-refractivity contribution in [2.75, 3.05) is 19.7 Å². The Bertz CT molecular complexity index is 1580. The monoisotopic (exact) mass is 673 g/mol. The molecular formula is C31H30ClFIN3O3. The second-order valence-electron chi connectivity index (χ2n) is 11.1. The van der Waals surface area contributed by atoms with Crippen LogP contribution in [-0.4, -0.2) is 40.3 Å². The van der Waals surface area contributed by atoms with Crippen LogP contribution in [0.4, 0.5) is 4.39 Å². The number of likely N-dealkylation sites (tertiary alicyclic amines) is 1. The topological polar surface area (TPSA) is 48.8 Å². The molecule has 2 saturated heterocycles. The number of aromatic nitrogens is 2. The largest absolute Gasteiger partial charge is 0.444 e. The molecule has 0 bridgehead atoms. The van der Waals surface area contributed by atoms with Crippen molar-refractivity contribution in [3.63, 3.8) is 0 Å². The third-order valence-electron chi connectivity index (χ3n) is 8.39. The number of rotatable bonds is 6. The number of hydrogen-bond donors (Lipinski definition) is 0. The normalized spacial score (nSPS) is 23.1. The van der Waals surface area contributed by atoms with Crippen LogP contribution in [0.2, 0.25) is 5.02 Å². The van der Waals surface area contributed by atoms with Crippen LogP contribution in [0.3, 0.4) is 0 Å². The molecule has 0 amide bonds. The minimum Gasteiger partial charge on any atom is -0.444 e. The summed E-state index contributed by atoms with van der Waals surface area (Å²) < 4.78 is 36.7. The smallest absolute Gasteiger partial charge is 0.278 e. The van der Waals surface area contributed by atoms with Gasteiger partial charge in [-0.3, -0.25) is 4.90 Å². The SMILES string of the molecule is CC1(c2ccc(Cl)cc2F)Oc2cccc(C3CCN(Cc4nc5cc(I)ccc5n4C[C@@H]4CCO4)CC3)c2O1. The van der Waals surface area contributed by atoms with Gasteiger partial charge < -0.3 is 18.8 Å². The van der Waals surface area contributed by atoms with Crippen LogP contribution in [-0.2, 0) is 23.6 Å². The fourth-order valence-electron chi connectivity index (χ4n) is 6.15. The quantitative estimate of drug-likeness (QED) is 0.202. The molecule has 4 aromatic rings. The van der Waals surface area contributed by atoms with Crippen LogP contribution in [0.15, 0.2) is 54.6 Å². The number of piperidine rings is 1. The average Bonchev–Trinajstić information content (AvgIpc) is 3.42. The standard InChI is InChI=1S/C31H30ClFIN3O3/c1-31(24-7-5-20(32)15-25(24)33)39-28-4-2-3-23(30(28)40-31)19-9-12-36(13-10-19)18-29-35-26-16-21(34)6-8-27(26)37(29)17-22-11-14-38-22/h2-8,15-16,19,22H,9-14,17-18H2,1H3/t22-,31?/m0/s1. The van der Waals surface area contributed by atoms with E-state index in [2.05, 4.69) is 56.3 Å². The van der Waals surface area contributed by atoms with Crippen molar-refractivity contribution >= 4 is 45.2 Å². The lowest BCUT2D eigenvalue weighted by Crippen LogP contribution is -2.35. The summed E-state index contributed by atoms with van der Waals surface area (Å²) in [7, 11) is 0. The second kappa shape index (κ2) is 10.5. The van der Waals surface area contributed by atoms with Gasteiger partial charge in [0, 0.05) is 27.7 Å². The van der Waals surface area contributed by atoms with E-state index in [1.807, 2.05) is 12.1 Å². The number of nitrogens with zero attached hydrogens (tertiary/aromatic N) is 3. The van der Waals surface area contributed by atoms with E-state index in [0.717, 1.165) is 74.7 Å². The first-order chi connectivity index (χ1) is 19.4. The maximum atomic E-state index is 14.8. The molecule has 1 unspecified atom stereocenters. The van der Waals surface area contributed by atoms with Gasteiger partial charge in [0.2, 0.25) is 0 Å². The Balaban J connectivity index is 1.07. The molecule has 1 aromatic heterocycles. The molecule has 6 nitrogen and oxygen atoms in total. The van der Waals surface area contributed by atoms with Crippen molar-refractivity contribution in [2.24, 2.45) is 0 Å². The fourth-order valence-corrected chi connectivity index (χ4v) is 6.78. The molecule has 2 fully saturated rings. The molecule has 2 atom stereocenters. The Morgan fingerprint density at radius 3 is 2.65 bits per heavy atom. The van der Waals surface area contributed by atoms with Gasteiger partial charge in [-0.2, -0.15) is 0 Å². The number of benzene rings is 3. The van der Waals surface area contributed by atoms with Crippen molar-refractivity contribution < 1.29 is 18.6 Å². The first-order valence-electron chi connectivity index (χ1n) is 13.8. The molecular weight excluding hydrogens is 644 g/mol. The maximum absolute atomic E-state index is 14.8. The molecule has 0 radical (unpaired) electrons. The molecule has 0 aliphatic carbocycles. The molecule has 7 rings (SSSR count). The Labute approximate surface area is 251 Å². The van der Waals surface area contributed by atoms with E-state index in [4.69, 9.17) is 30.8 Å². The van der Waals surface area contributed by atoms with Gasteiger partial charge in [-0.25, -0.2) is 9.37 Å². The van der Waals surface area contributed by atoms with Crippen molar-refractivity contribution in [3.05, 3.63) is 86.0 Å². The van der Waals surface area contributed by atoms with Crippen LogP contribution in [0.5, 0.6) is 11.5 Å². The van der Waals surface area contributed by atoms with Crippen LogP contribution in [0.25, 0.3) is 11.0 Å². The Morgan fingerprint density at radius 1 is 1.07 bits per heavy atom. The molecule has 0 spiro atoms. The number of para-hydroxylation sites is 1. The summed E-state index contributed by atoms with van der Waals surface area (Å²) in [6.07, 6.45) is 3.37. The van der Waals surface area contributed by atoms with Crippen LogP contribution in [0, 0.1) is 9.39 Å². The highest BCUT2D eigenvalue weighted by atomic mass is 127. The molecule has 40 heavy (non-hydrogen) atoms. The van der Waals surface area contributed by atoms with Gasteiger partial charge in [0.15, 0.2) is 11.5 Å². The second-order valence-corrected chi connectivity index (χ2v) is 12.7. The third-order valence-corrected chi connectivity index (χ3v) is 9.30. The first kappa shape index (κ1) is 26.5. The van der Waals surface area contributed by atoms with E-state index in [0.29, 0.717) is 22.3 Å². The summed E-state index contributed by atoms with van der Waals surface area (Å²) in [6.45, 7) is 6.18. The summed E-state index contributed by atoms with van der Waals surface area (Å²) in [6, 6.07) is 17.1. The summed E-state index contributed by atoms with van der Waals surface area (Å²) in [5.74, 6) is 1.12. The van der Waals surface area contributed by atoms with E-state index < -0.39 is 11.6 Å². The lowest BCUT2D eigenvalue weighted by atomic mass is 9.88. The first-order valence-corrected chi connectivity index (χ1v) is 15.3. The van der Waals surface area contributed by atoms with Crippen molar-refractivity contribution in [1.29, 1.82) is 0 Å². The highest BCUT2D eigenvalue weighted by molar-refractivity contribution is 14.1. The van der Waals surface area contributed by atoms with Crippen molar-refractivity contribution in [3.8, 4) is 11.5 Å². The fraction of sp³-hybridized carbons (Fsp3) is 0.387. The molecule has 208 valence electrons. The minimum atomic E-state index is -1.24. The van der Waals surface area contributed by atoms with Gasteiger partial charge in [-0.05, 0) is 103 Å². The Hall–Kier alpha value is -2.40. The van der Waals surface area contributed by atoms with Gasteiger partial charge in [0.1, 0.15) is 11.6 Å². The van der Waals surface area contributed by atoms with E-state index in [9.17, 15) is 4.39 Å². The Morgan fingerprint density at radius 2 is 1.90 bits per heavy atom. The lowest BCUT2D eigenvalue weighted by Gasteiger charge is -2.33.